The average Bonchev–Trinajstić information content (AvgIpc) is 3.10. The number of hydrogen-bond donors (Lipinski definition) is 2. The lowest BCUT2D eigenvalue weighted by atomic mass is 9.46. The van der Waals surface area contributed by atoms with Gasteiger partial charge in [-0.2, -0.15) is 0 Å². The van der Waals surface area contributed by atoms with Crippen LogP contribution in [0.3, 0.4) is 0 Å². The summed E-state index contributed by atoms with van der Waals surface area (Å²) in [5, 5.41) is 22.1. The van der Waals surface area contributed by atoms with Crippen LogP contribution in [0, 0.1) is 34.5 Å². The van der Waals surface area contributed by atoms with E-state index in [1.54, 1.807) is 0 Å². The maximum absolute atomic E-state index is 12.4. The lowest BCUT2D eigenvalue weighted by Crippen LogP contribution is -2.57. The first-order valence-electron chi connectivity index (χ1n) is 13.0. The van der Waals surface area contributed by atoms with Crippen molar-refractivity contribution in [2.45, 2.75) is 110 Å². The number of cyclic esters (lactones) is 1. The van der Waals surface area contributed by atoms with E-state index in [0.29, 0.717) is 29.7 Å². The van der Waals surface area contributed by atoms with Crippen molar-refractivity contribution < 1.29 is 19.7 Å². The molecule has 9 atom stereocenters. The van der Waals surface area contributed by atoms with Crippen LogP contribution in [0.5, 0.6) is 0 Å². The first-order valence-corrected chi connectivity index (χ1v) is 13.0. The highest BCUT2D eigenvalue weighted by Crippen LogP contribution is 2.67. The molecule has 4 heteroatoms. The zero-order valence-corrected chi connectivity index (χ0v) is 20.6. The van der Waals surface area contributed by atoms with Gasteiger partial charge in [0.2, 0.25) is 0 Å². The van der Waals surface area contributed by atoms with Crippen molar-refractivity contribution in [2.24, 2.45) is 34.5 Å². The standard InChI is InChI=1S/C28H42O4/c1-16-14-24(32-25(30)17(16)2)28(5,31)23-9-8-21-20-7-6-18-15-19(29)10-12-26(18,3)22(20)11-13-27(21,23)4/h6,19-24,29,31H,7-15H2,1-5H3/t19-,20-,21-,22-,23-,24+,26-,27-,28+/m0/s1. The molecule has 2 N–H and O–H groups in total. The highest BCUT2D eigenvalue weighted by Gasteiger charge is 2.63. The number of aliphatic hydroxyl groups excluding tert-OH is 1. The van der Waals surface area contributed by atoms with Gasteiger partial charge in [-0.15, -0.1) is 0 Å². The molecule has 178 valence electrons. The van der Waals surface area contributed by atoms with Crippen LogP contribution in [-0.2, 0) is 9.53 Å². The lowest BCUT2D eigenvalue weighted by Gasteiger charge is -2.59. The normalized spacial score (nSPS) is 48.2. The highest BCUT2D eigenvalue weighted by atomic mass is 16.6. The Balaban J connectivity index is 1.41. The molecule has 5 rings (SSSR count). The summed E-state index contributed by atoms with van der Waals surface area (Å²) in [4.78, 5) is 12.4. The molecule has 0 amide bonds. The summed E-state index contributed by atoms with van der Waals surface area (Å²) in [6, 6.07) is 0. The second kappa shape index (κ2) is 7.43. The monoisotopic (exact) mass is 442 g/mol. The number of aliphatic hydroxyl groups is 2. The van der Waals surface area contributed by atoms with Crippen molar-refractivity contribution in [3.63, 3.8) is 0 Å². The van der Waals surface area contributed by atoms with Crippen LogP contribution >= 0.6 is 0 Å². The van der Waals surface area contributed by atoms with E-state index in [4.69, 9.17) is 4.74 Å². The Hall–Kier alpha value is -1.13. The first kappa shape index (κ1) is 22.7. The largest absolute Gasteiger partial charge is 0.456 e. The van der Waals surface area contributed by atoms with Crippen LogP contribution in [0.25, 0.3) is 0 Å². The van der Waals surface area contributed by atoms with Crippen LogP contribution < -0.4 is 0 Å². The van der Waals surface area contributed by atoms with Gasteiger partial charge >= 0.3 is 5.97 Å². The van der Waals surface area contributed by atoms with Crippen molar-refractivity contribution in [3.05, 3.63) is 22.8 Å². The topological polar surface area (TPSA) is 66.8 Å². The molecule has 32 heavy (non-hydrogen) atoms. The summed E-state index contributed by atoms with van der Waals surface area (Å²) < 4.78 is 5.79. The van der Waals surface area contributed by atoms with Gasteiger partial charge in [0.05, 0.1) is 6.10 Å². The summed E-state index contributed by atoms with van der Waals surface area (Å²) in [6.07, 6.45) is 11.0. The third-order valence-corrected chi connectivity index (χ3v) is 11.1. The molecule has 4 aliphatic carbocycles. The maximum atomic E-state index is 12.4. The molecule has 3 saturated carbocycles. The Morgan fingerprint density at radius 2 is 1.81 bits per heavy atom. The molecule has 1 aliphatic heterocycles. The van der Waals surface area contributed by atoms with Gasteiger partial charge < -0.3 is 14.9 Å². The Kier molecular flexibility index (Phi) is 5.26. The van der Waals surface area contributed by atoms with E-state index in [-0.39, 0.29) is 28.8 Å². The van der Waals surface area contributed by atoms with Crippen LogP contribution in [0.15, 0.2) is 22.8 Å². The van der Waals surface area contributed by atoms with Crippen molar-refractivity contribution in [1.82, 2.24) is 0 Å². The molecule has 0 aromatic rings. The Morgan fingerprint density at radius 1 is 1.06 bits per heavy atom. The van der Waals surface area contributed by atoms with E-state index in [1.807, 2.05) is 20.8 Å². The van der Waals surface area contributed by atoms with Crippen LogP contribution in [-0.4, -0.2) is 34.0 Å². The molecular formula is C28H42O4. The predicted molar refractivity (Wildman–Crippen MR) is 125 cm³/mol. The van der Waals surface area contributed by atoms with Crippen molar-refractivity contribution in [2.75, 3.05) is 0 Å². The van der Waals surface area contributed by atoms with E-state index >= 15 is 0 Å². The number of rotatable bonds is 2. The fraction of sp³-hybridized carbons (Fsp3) is 0.821. The average molecular weight is 443 g/mol. The molecule has 5 aliphatic rings. The minimum Gasteiger partial charge on any atom is -0.456 e. The number of fused-ring (bicyclic) bond motifs is 5. The minimum absolute atomic E-state index is 0.0804. The van der Waals surface area contributed by atoms with Crippen LogP contribution in [0.4, 0.5) is 0 Å². The molecule has 4 nitrogen and oxygen atoms in total. The van der Waals surface area contributed by atoms with E-state index in [1.165, 1.54) is 12.0 Å². The summed E-state index contributed by atoms with van der Waals surface area (Å²) >= 11 is 0. The molecule has 0 spiro atoms. The summed E-state index contributed by atoms with van der Waals surface area (Å²) in [7, 11) is 0. The lowest BCUT2D eigenvalue weighted by molar-refractivity contribution is -0.181. The van der Waals surface area contributed by atoms with Crippen molar-refractivity contribution in [1.29, 1.82) is 0 Å². The molecule has 0 radical (unpaired) electrons. The van der Waals surface area contributed by atoms with Gasteiger partial charge in [-0.3, -0.25) is 0 Å². The third kappa shape index (κ3) is 3.11. The molecule has 0 aromatic heterocycles. The van der Waals surface area contributed by atoms with E-state index < -0.39 is 11.7 Å². The number of allylic oxidation sites excluding steroid dienone is 1. The van der Waals surface area contributed by atoms with Gasteiger partial charge in [0.15, 0.2) is 0 Å². The van der Waals surface area contributed by atoms with Crippen LogP contribution in [0.2, 0.25) is 0 Å². The summed E-state index contributed by atoms with van der Waals surface area (Å²) in [5.74, 6) is 1.85. The van der Waals surface area contributed by atoms with E-state index in [9.17, 15) is 15.0 Å². The fourth-order valence-electron chi connectivity index (χ4n) is 9.02. The predicted octanol–water partition coefficient (Wildman–Crippen LogP) is 5.33. The van der Waals surface area contributed by atoms with Crippen molar-refractivity contribution >= 4 is 5.97 Å². The van der Waals surface area contributed by atoms with Gasteiger partial charge in [0.1, 0.15) is 11.7 Å². The van der Waals surface area contributed by atoms with Gasteiger partial charge in [-0.05, 0) is 107 Å². The molecule has 3 fully saturated rings. The zero-order valence-electron chi connectivity index (χ0n) is 20.6. The Labute approximate surface area is 193 Å². The molecule has 0 saturated heterocycles. The van der Waals surface area contributed by atoms with E-state index in [0.717, 1.165) is 50.5 Å². The summed E-state index contributed by atoms with van der Waals surface area (Å²) in [5.41, 5.74) is 2.56. The third-order valence-electron chi connectivity index (χ3n) is 11.1. The molecular weight excluding hydrogens is 400 g/mol. The second-order valence-electron chi connectivity index (χ2n) is 12.6. The summed E-state index contributed by atoms with van der Waals surface area (Å²) in [6.45, 7) is 10.6. The number of carbonyl (C=O) groups is 1. The number of esters is 1. The highest BCUT2D eigenvalue weighted by molar-refractivity contribution is 5.89. The fourth-order valence-corrected chi connectivity index (χ4v) is 9.02. The van der Waals surface area contributed by atoms with Gasteiger partial charge in [0.25, 0.3) is 0 Å². The number of hydrogen-bond acceptors (Lipinski definition) is 4. The first-order chi connectivity index (χ1) is 15.0. The molecule has 0 bridgehead atoms. The second-order valence-corrected chi connectivity index (χ2v) is 12.6. The quantitative estimate of drug-likeness (QED) is 0.448. The van der Waals surface area contributed by atoms with Gasteiger partial charge in [-0.1, -0.05) is 31.1 Å². The van der Waals surface area contributed by atoms with Gasteiger partial charge in [0, 0.05) is 12.0 Å². The van der Waals surface area contributed by atoms with E-state index in [2.05, 4.69) is 19.9 Å². The SMILES string of the molecule is CC1=C(C)C(=O)O[C@@H]([C@](C)(O)[C@H]2CC[C@H]3[C@@H]4CC=C5C[C@@H](O)CC[C@]5(C)[C@H]4CC[C@]23C)C1. The number of carbonyl (C=O) groups excluding carboxylic acids is 1. The number of ether oxygens (including phenoxy) is 1. The molecule has 0 aromatic carbocycles. The van der Waals surface area contributed by atoms with Crippen LogP contribution in [0.1, 0.15) is 92.4 Å². The zero-order chi connectivity index (χ0) is 23.1. The maximum Gasteiger partial charge on any atom is 0.334 e. The van der Waals surface area contributed by atoms with Crippen molar-refractivity contribution in [3.8, 4) is 0 Å². The van der Waals surface area contributed by atoms with Gasteiger partial charge in [-0.25, -0.2) is 4.79 Å². The smallest absolute Gasteiger partial charge is 0.334 e. The Bertz CT molecular complexity index is 869. The minimum atomic E-state index is -1.01. The Morgan fingerprint density at radius 3 is 2.53 bits per heavy atom. The molecule has 0 unspecified atom stereocenters. The molecule has 1 heterocycles.